The van der Waals surface area contributed by atoms with Crippen molar-refractivity contribution in [1.29, 1.82) is 0 Å². The molecule has 0 bridgehead atoms. The largest absolute Gasteiger partial charge is 0.457 e. The van der Waals surface area contributed by atoms with Crippen LogP contribution < -0.4 is 0 Å². The lowest BCUT2D eigenvalue weighted by molar-refractivity contribution is 0.249. The topological polar surface area (TPSA) is 26.3 Å². The fourth-order valence-electron chi connectivity index (χ4n) is 0.939. The van der Waals surface area contributed by atoms with E-state index in [2.05, 4.69) is 18.6 Å². The van der Waals surface area contributed by atoms with Gasteiger partial charge in [-0.1, -0.05) is 26.7 Å². The molecule has 0 heterocycles. The first kappa shape index (κ1) is 9.47. The summed E-state index contributed by atoms with van der Waals surface area (Å²) in [5.41, 5.74) is 0. The van der Waals surface area contributed by atoms with E-state index >= 15 is 0 Å². The molecule has 0 amide bonds. The van der Waals surface area contributed by atoms with Gasteiger partial charge in [0, 0.05) is 0 Å². The van der Waals surface area contributed by atoms with Gasteiger partial charge in [-0.25, -0.2) is 4.79 Å². The van der Waals surface area contributed by atoms with Crippen molar-refractivity contribution in [2.24, 2.45) is 5.92 Å². The molecular weight excluding hydrogens is 128 g/mol. The molecule has 0 aromatic carbocycles. The Morgan fingerprint density at radius 2 is 2.20 bits per heavy atom. The summed E-state index contributed by atoms with van der Waals surface area (Å²) >= 11 is 0. The van der Waals surface area contributed by atoms with Crippen molar-refractivity contribution in [2.75, 3.05) is 6.61 Å². The summed E-state index contributed by atoms with van der Waals surface area (Å²) in [6.07, 6.45) is 3.37. The Bertz CT molecular complexity index is 81.3. The first-order chi connectivity index (χ1) is 4.81. The van der Waals surface area contributed by atoms with Gasteiger partial charge in [-0.2, -0.15) is 0 Å². The van der Waals surface area contributed by atoms with E-state index in [-0.39, 0.29) is 0 Å². The second-order valence-corrected chi connectivity index (χ2v) is 2.61. The van der Waals surface area contributed by atoms with Gasteiger partial charge in [0.15, 0.2) is 0 Å². The molecule has 0 aliphatic heterocycles. The minimum atomic E-state index is 0.519. The molecule has 0 saturated heterocycles. The number of rotatable bonds is 6. The summed E-state index contributed by atoms with van der Waals surface area (Å²) in [6.45, 7) is 6.25. The van der Waals surface area contributed by atoms with Crippen LogP contribution in [-0.2, 0) is 9.53 Å². The number of hydrogen-bond donors (Lipinski definition) is 0. The summed E-state index contributed by atoms with van der Waals surface area (Å²) in [6, 6.07) is 0. The molecule has 0 aliphatic carbocycles. The monoisotopic (exact) mass is 143 g/mol. The average molecular weight is 143 g/mol. The maximum Gasteiger partial charge on any atom is 0.417 e. The van der Waals surface area contributed by atoms with Gasteiger partial charge in [0.25, 0.3) is 0 Å². The van der Waals surface area contributed by atoms with E-state index in [1.165, 1.54) is 19.3 Å². The van der Waals surface area contributed by atoms with Gasteiger partial charge in [0.1, 0.15) is 0 Å². The third-order valence-corrected chi connectivity index (χ3v) is 1.55. The Morgan fingerprint density at radius 1 is 1.50 bits per heavy atom. The van der Waals surface area contributed by atoms with Crippen LogP contribution in [0, 0.1) is 5.92 Å². The maximum atomic E-state index is 9.60. The standard InChI is InChI=1S/C8H15O2/c1-3-4-8(2)5-6-10-7-9/h8H,3-6H2,1-2H3. The zero-order chi connectivity index (χ0) is 7.82. The van der Waals surface area contributed by atoms with Crippen LogP contribution in [0.15, 0.2) is 0 Å². The van der Waals surface area contributed by atoms with Crippen molar-refractivity contribution in [1.82, 2.24) is 0 Å². The molecule has 0 aromatic heterocycles. The SMILES string of the molecule is CCCC(C)CCO[C]=O. The minimum Gasteiger partial charge on any atom is -0.457 e. The highest BCUT2D eigenvalue weighted by atomic mass is 16.5. The average Bonchev–Trinajstić information content (AvgIpc) is 1.89. The van der Waals surface area contributed by atoms with E-state index in [4.69, 9.17) is 0 Å². The van der Waals surface area contributed by atoms with E-state index in [9.17, 15) is 4.79 Å². The van der Waals surface area contributed by atoms with Crippen molar-refractivity contribution >= 4 is 6.47 Å². The van der Waals surface area contributed by atoms with Gasteiger partial charge >= 0.3 is 6.47 Å². The van der Waals surface area contributed by atoms with E-state index in [0.717, 1.165) is 6.42 Å². The van der Waals surface area contributed by atoms with E-state index in [0.29, 0.717) is 12.5 Å². The normalized spacial score (nSPS) is 12.6. The lowest BCUT2D eigenvalue weighted by Crippen LogP contribution is -2.00. The van der Waals surface area contributed by atoms with E-state index in [1.54, 1.807) is 0 Å². The van der Waals surface area contributed by atoms with Crippen LogP contribution in [0.4, 0.5) is 0 Å². The molecule has 0 spiro atoms. The lowest BCUT2D eigenvalue weighted by Gasteiger charge is -2.06. The lowest BCUT2D eigenvalue weighted by atomic mass is 10.0. The van der Waals surface area contributed by atoms with Crippen molar-refractivity contribution in [3.05, 3.63) is 0 Å². The fourth-order valence-corrected chi connectivity index (χ4v) is 0.939. The zero-order valence-corrected chi connectivity index (χ0v) is 6.72. The summed E-state index contributed by atoms with van der Waals surface area (Å²) in [5.74, 6) is 0.665. The molecule has 0 N–H and O–H groups in total. The Labute approximate surface area is 62.6 Å². The van der Waals surface area contributed by atoms with Crippen LogP contribution in [0.25, 0.3) is 0 Å². The zero-order valence-electron chi connectivity index (χ0n) is 6.72. The maximum absolute atomic E-state index is 9.60. The number of ether oxygens (including phenoxy) is 1. The molecule has 0 saturated carbocycles. The molecule has 2 nitrogen and oxygen atoms in total. The molecular formula is C8H15O2. The van der Waals surface area contributed by atoms with Crippen LogP contribution in [0.1, 0.15) is 33.1 Å². The quantitative estimate of drug-likeness (QED) is 0.531. The predicted molar refractivity (Wildman–Crippen MR) is 40.3 cm³/mol. The van der Waals surface area contributed by atoms with Gasteiger partial charge in [0.05, 0.1) is 6.61 Å². The predicted octanol–water partition coefficient (Wildman–Crippen LogP) is 1.90. The van der Waals surface area contributed by atoms with Crippen LogP contribution >= 0.6 is 0 Å². The number of carbonyl (C=O) groups excluding carboxylic acids is 1. The fraction of sp³-hybridized carbons (Fsp3) is 0.875. The van der Waals surface area contributed by atoms with Crippen LogP contribution in [0.2, 0.25) is 0 Å². The Kier molecular flexibility index (Phi) is 6.24. The van der Waals surface area contributed by atoms with Gasteiger partial charge in [-0.3, -0.25) is 0 Å². The highest BCUT2D eigenvalue weighted by molar-refractivity contribution is 5.37. The van der Waals surface area contributed by atoms with E-state index in [1.807, 2.05) is 0 Å². The molecule has 1 radical (unpaired) electrons. The van der Waals surface area contributed by atoms with Crippen LogP contribution in [0.3, 0.4) is 0 Å². The van der Waals surface area contributed by atoms with Crippen molar-refractivity contribution in [3.63, 3.8) is 0 Å². The molecule has 1 atom stereocenters. The molecule has 10 heavy (non-hydrogen) atoms. The number of hydrogen-bond acceptors (Lipinski definition) is 2. The summed E-state index contributed by atoms with van der Waals surface area (Å²) in [4.78, 5) is 9.60. The third kappa shape index (κ3) is 5.60. The first-order valence-electron chi connectivity index (χ1n) is 3.80. The van der Waals surface area contributed by atoms with Crippen LogP contribution in [-0.4, -0.2) is 13.1 Å². The highest BCUT2D eigenvalue weighted by Crippen LogP contribution is 2.08. The van der Waals surface area contributed by atoms with Gasteiger partial charge in [0.2, 0.25) is 0 Å². The second kappa shape index (κ2) is 6.59. The molecule has 0 aromatic rings. The summed E-state index contributed by atoms with van der Waals surface area (Å²) in [5, 5.41) is 0. The molecule has 0 rings (SSSR count). The van der Waals surface area contributed by atoms with Crippen LogP contribution in [0.5, 0.6) is 0 Å². The Morgan fingerprint density at radius 3 is 2.70 bits per heavy atom. The Hall–Kier alpha value is -0.530. The second-order valence-electron chi connectivity index (χ2n) is 2.61. The smallest absolute Gasteiger partial charge is 0.417 e. The molecule has 0 fully saturated rings. The summed E-state index contributed by atoms with van der Waals surface area (Å²) in [7, 11) is 0. The van der Waals surface area contributed by atoms with Crippen molar-refractivity contribution < 1.29 is 9.53 Å². The molecule has 2 heteroatoms. The third-order valence-electron chi connectivity index (χ3n) is 1.55. The Balaban J connectivity index is 3.04. The van der Waals surface area contributed by atoms with Crippen molar-refractivity contribution in [2.45, 2.75) is 33.1 Å². The molecule has 1 unspecified atom stereocenters. The molecule has 0 aliphatic rings. The summed E-state index contributed by atoms with van der Waals surface area (Å²) < 4.78 is 4.44. The first-order valence-corrected chi connectivity index (χ1v) is 3.80. The van der Waals surface area contributed by atoms with Gasteiger partial charge in [-0.05, 0) is 12.3 Å². The van der Waals surface area contributed by atoms with Gasteiger partial charge < -0.3 is 4.74 Å². The van der Waals surface area contributed by atoms with E-state index < -0.39 is 0 Å². The highest BCUT2D eigenvalue weighted by Gasteiger charge is 1.99. The van der Waals surface area contributed by atoms with Gasteiger partial charge in [-0.15, -0.1) is 0 Å². The van der Waals surface area contributed by atoms with Crippen molar-refractivity contribution in [3.8, 4) is 0 Å². The molecule has 59 valence electrons. The minimum absolute atomic E-state index is 0.519.